The maximum Gasteiger partial charge on any atom is 0.177 e. The third-order valence-electron chi connectivity index (χ3n) is 4.57. The molecule has 0 unspecified atom stereocenters. The van der Waals surface area contributed by atoms with Gasteiger partial charge >= 0.3 is 0 Å². The van der Waals surface area contributed by atoms with E-state index in [9.17, 15) is 5.26 Å². The molecule has 7 heteroatoms. The minimum Gasteiger partial charge on any atom is -0.495 e. The Bertz CT molecular complexity index is 978. The predicted molar refractivity (Wildman–Crippen MR) is 99.3 cm³/mol. The van der Waals surface area contributed by atoms with Crippen molar-refractivity contribution in [2.45, 2.75) is 12.8 Å². The number of aromatic nitrogens is 3. The smallest absolute Gasteiger partial charge is 0.177 e. The number of benzene rings is 2. The summed E-state index contributed by atoms with van der Waals surface area (Å²) in [5.74, 6) is 0.795. The average Bonchev–Trinajstić information content (AvgIpc) is 3.37. The zero-order valence-corrected chi connectivity index (χ0v) is 14.9. The van der Waals surface area contributed by atoms with Gasteiger partial charge in [0.1, 0.15) is 11.4 Å². The largest absolute Gasteiger partial charge is 0.495 e. The molecule has 0 spiro atoms. The monoisotopic (exact) mass is 361 g/mol. The van der Waals surface area contributed by atoms with Crippen LogP contribution in [0.15, 0.2) is 54.7 Å². The quantitative estimate of drug-likeness (QED) is 0.695. The second kappa shape index (κ2) is 7.48. The van der Waals surface area contributed by atoms with Crippen molar-refractivity contribution < 1.29 is 9.47 Å². The van der Waals surface area contributed by atoms with E-state index in [1.165, 1.54) is 0 Å². The van der Waals surface area contributed by atoms with Crippen LogP contribution in [0.5, 0.6) is 5.75 Å². The first-order valence-electron chi connectivity index (χ1n) is 8.69. The van der Waals surface area contributed by atoms with E-state index in [4.69, 9.17) is 9.47 Å². The summed E-state index contributed by atoms with van der Waals surface area (Å²) < 4.78 is 13.1. The molecule has 0 radical (unpaired) electrons. The SMILES string of the molecule is COc1ccccc1N1CCO[C@@H]1c1cn(Cc2ccccc2C#N)nn1. The van der Waals surface area contributed by atoms with Gasteiger partial charge in [-0.05, 0) is 23.8 Å². The average molecular weight is 361 g/mol. The van der Waals surface area contributed by atoms with E-state index < -0.39 is 0 Å². The minimum atomic E-state index is -0.318. The Morgan fingerprint density at radius 1 is 1.22 bits per heavy atom. The van der Waals surface area contributed by atoms with Crippen LogP contribution < -0.4 is 9.64 Å². The van der Waals surface area contributed by atoms with Crippen LogP contribution >= 0.6 is 0 Å². The zero-order valence-electron chi connectivity index (χ0n) is 14.9. The van der Waals surface area contributed by atoms with Crippen molar-refractivity contribution in [2.24, 2.45) is 0 Å². The molecule has 0 amide bonds. The molecule has 3 aromatic rings. The van der Waals surface area contributed by atoms with Crippen LogP contribution in [0.25, 0.3) is 0 Å². The molecule has 1 aromatic heterocycles. The maximum absolute atomic E-state index is 9.25. The first-order valence-corrected chi connectivity index (χ1v) is 8.69. The van der Waals surface area contributed by atoms with Gasteiger partial charge in [-0.3, -0.25) is 0 Å². The molecule has 0 saturated carbocycles. The molecule has 1 aliphatic rings. The molecule has 1 aliphatic heterocycles. The molecular weight excluding hydrogens is 342 g/mol. The first kappa shape index (κ1) is 17.1. The van der Waals surface area contributed by atoms with Crippen LogP contribution in [0.2, 0.25) is 0 Å². The van der Waals surface area contributed by atoms with E-state index in [1.807, 2.05) is 48.7 Å². The summed E-state index contributed by atoms with van der Waals surface area (Å²) in [6, 6.07) is 17.6. The van der Waals surface area contributed by atoms with Crippen molar-refractivity contribution in [1.82, 2.24) is 15.0 Å². The molecule has 2 heterocycles. The number of nitriles is 1. The van der Waals surface area contributed by atoms with Crippen molar-refractivity contribution >= 4 is 5.69 Å². The summed E-state index contributed by atoms with van der Waals surface area (Å²) >= 11 is 0. The molecule has 1 fully saturated rings. The number of ether oxygens (including phenoxy) is 2. The molecule has 0 bridgehead atoms. The fourth-order valence-electron chi connectivity index (χ4n) is 3.27. The van der Waals surface area contributed by atoms with Crippen molar-refractivity contribution in [3.05, 3.63) is 71.5 Å². The molecule has 2 aromatic carbocycles. The van der Waals surface area contributed by atoms with Crippen LogP contribution in [-0.2, 0) is 11.3 Å². The summed E-state index contributed by atoms with van der Waals surface area (Å²) in [6.07, 6.45) is 1.55. The molecule has 136 valence electrons. The van der Waals surface area contributed by atoms with E-state index in [0.717, 1.165) is 29.2 Å². The molecule has 0 N–H and O–H groups in total. The van der Waals surface area contributed by atoms with Crippen molar-refractivity contribution in [2.75, 3.05) is 25.2 Å². The van der Waals surface area contributed by atoms with Crippen LogP contribution in [0.3, 0.4) is 0 Å². The number of rotatable bonds is 5. The standard InChI is InChI=1S/C20H19N5O2/c1-26-19-9-5-4-8-18(19)25-10-11-27-20(25)17-14-24(23-22-17)13-16-7-3-2-6-15(16)12-21/h2-9,14,20H,10-11,13H2,1H3/t20-/m1/s1. The van der Waals surface area contributed by atoms with Gasteiger partial charge in [0, 0.05) is 6.54 Å². The number of hydrogen-bond donors (Lipinski definition) is 0. The van der Waals surface area contributed by atoms with Crippen molar-refractivity contribution in [3.8, 4) is 11.8 Å². The lowest BCUT2D eigenvalue weighted by molar-refractivity contribution is 0.110. The summed E-state index contributed by atoms with van der Waals surface area (Å²) in [4.78, 5) is 2.12. The lowest BCUT2D eigenvalue weighted by Gasteiger charge is -2.25. The predicted octanol–water partition coefficient (Wildman–Crippen LogP) is 2.74. The number of anilines is 1. The van der Waals surface area contributed by atoms with Gasteiger partial charge in [0.2, 0.25) is 0 Å². The van der Waals surface area contributed by atoms with Gasteiger partial charge in [0.05, 0.1) is 43.8 Å². The highest BCUT2D eigenvalue weighted by Gasteiger charge is 2.31. The Balaban J connectivity index is 1.58. The highest BCUT2D eigenvalue weighted by atomic mass is 16.5. The molecule has 1 atom stereocenters. The Hall–Kier alpha value is -3.37. The fraction of sp³-hybridized carbons (Fsp3) is 0.250. The van der Waals surface area contributed by atoms with E-state index in [0.29, 0.717) is 18.7 Å². The highest BCUT2D eigenvalue weighted by Crippen LogP contribution is 2.36. The maximum atomic E-state index is 9.25. The van der Waals surface area contributed by atoms with Crippen molar-refractivity contribution in [3.63, 3.8) is 0 Å². The minimum absolute atomic E-state index is 0.318. The molecule has 7 nitrogen and oxygen atoms in total. The van der Waals surface area contributed by atoms with E-state index in [1.54, 1.807) is 17.9 Å². The molecule has 4 rings (SSSR count). The number of nitrogens with zero attached hydrogens (tertiary/aromatic N) is 5. The summed E-state index contributed by atoms with van der Waals surface area (Å²) in [7, 11) is 1.66. The van der Waals surface area contributed by atoms with Gasteiger partial charge in [-0.15, -0.1) is 5.10 Å². The van der Waals surface area contributed by atoms with Gasteiger partial charge in [0.15, 0.2) is 6.23 Å². The highest BCUT2D eigenvalue weighted by molar-refractivity contribution is 5.59. The van der Waals surface area contributed by atoms with Crippen LogP contribution in [0.4, 0.5) is 5.69 Å². The second-order valence-electron chi connectivity index (χ2n) is 6.20. The lowest BCUT2D eigenvalue weighted by atomic mass is 10.1. The lowest BCUT2D eigenvalue weighted by Crippen LogP contribution is -2.24. The number of methoxy groups -OCH3 is 1. The van der Waals surface area contributed by atoms with Gasteiger partial charge in [-0.25, -0.2) is 4.68 Å². The Morgan fingerprint density at radius 2 is 2.04 bits per heavy atom. The first-order chi connectivity index (χ1) is 13.3. The van der Waals surface area contributed by atoms with Gasteiger partial charge in [0.25, 0.3) is 0 Å². The van der Waals surface area contributed by atoms with Crippen LogP contribution in [0.1, 0.15) is 23.0 Å². The van der Waals surface area contributed by atoms with Crippen LogP contribution in [-0.4, -0.2) is 35.3 Å². The normalized spacial score (nSPS) is 16.3. The summed E-state index contributed by atoms with van der Waals surface area (Å²) in [5.41, 5.74) is 3.24. The fourth-order valence-corrected chi connectivity index (χ4v) is 3.27. The molecule has 27 heavy (non-hydrogen) atoms. The van der Waals surface area contributed by atoms with E-state index in [2.05, 4.69) is 21.3 Å². The number of para-hydroxylation sites is 2. The third kappa shape index (κ3) is 3.35. The van der Waals surface area contributed by atoms with E-state index >= 15 is 0 Å². The van der Waals surface area contributed by atoms with Gasteiger partial charge < -0.3 is 14.4 Å². The molecular formula is C20H19N5O2. The number of hydrogen-bond acceptors (Lipinski definition) is 6. The summed E-state index contributed by atoms with van der Waals surface area (Å²) in [6.45, 7) is 1.83. The van der Waals surface area contributed by atoms with Crippen LogP contribution in [0, 0.1) is 11.3 Å². The summed E-state index contributed by atoms with van der Waals surface area (Å²) in [5, 5.41) is 17.8. The third-order valence-corrected chi connectivity index (χ3v) is 4.57. The second-order valence-corrected chi connectivity index (χ2v) is 6.20. The zero-order chi connectivity index (χ0) is 18.6. The Kier molecular flexibility index (Phi) is 4.73. The molecule has 1 saturated heterocycles. The van der Waals surface area contributed by atoms with Gasteiger partial charge in [-0.2, -0.15) is 5.26 Å². The van der Waals surface area contributed by atoms with Gasteiger partial charge in [-0.1, -0.05) is 35.5 Å². The topological polar surface area (TPSA) is 76.2 Å². The molecule has 0 aliphatic carbocycles. The van der Waals surface area contributed by atoms with Crippen molar-refractivity contribution in [1.29, 1.82) is 5.26 Å². The Morgan fingerprint density at radius 3 is 2.89 bits per heavy atom. The van der Waals surface area contributed by atoms with E-state index in [-0.39, 0.29) is 6.23 Å². The Labute approximate surface area is 157 Å².